The van der Waals surface area contributed by atoms with Gasteiger partial charge in [-0.05, 0) is 25.1 Å². The molecule has 0 aliphatic rings. The largest absolute Gasteiger partial charge is 0.313 e. The fourth-order valence-corrected chi connectivity index (χ4v) is 2.90. The first-order chi connectivity index (χ1) is 7.27. The van der Waals surface area contributed by atoms with E-state index in [1.165, 1.54) is 11.3 Å². The predicted molar refractivity (Wildman–Crippen MR) is 69.5 cm³/mol. The highest BCUT2D eigenvalue weighted by Gasteiger charge is 2.14. The molecule has 0 saturated heterocycles. The lowest BCUT2D eigenvalue weighted by Gasteiger charge is -2.22. The molecule has 1 nitrogen and oxygen atoms in total. The van der Waals surface area contributed by atoms with Gasteiger partial charge in [-0.2, -0.15) is 0 Å². The second kappa shape index (κ2) is 6.91. The number of benzene rings is 1. The molecule has 0 bridgehead atoms. The minimum absolute atomic E-state index is 0.611. The quantitative estimate of drug-likeness (QED) is 0.740. The highest BCUT2D eigenvalue weighted by atomic mass is 32.2. The Labute approximate surface area is 97.7 Å². The first-order valence-corrected chi connectivity index (χ1v) is 6.61. The van der Waals surface area contributed by atoms with Gasteiger partial charge in [-0.25, -0.2) is 0 Å². The maximum Gasteiger partial charge on any atom is 0.0220 e. The van der Waals surface area contributed by atoms with Crippen LogP contribution in [-0.2, 0) is 0 Å². The lowest BCUT2D eigenvalue weighted by atomic mass is 10.2. The van der Waals surface area contributed by atoms with Gasteiger partial charge in [0.05, 0.1) is 0 Å². The van der Waals surface area contributed by atoms with Crippen molar-refractivity contribution in [1.29, 1.82) is 0 Å². The molecule has 1 aromatic rings. The lowest BCUT2D eigenvalue weighted by molar-refractivity contribution is 0.509. The first-order valence-electron chi connectivity index (χ1n) is 5.73. The predicted octanol–water partition coefficient (Wildman–Crippen LogP) is 3.56. The van der Waals surface area contributed by atoms with Gasteiger partial charge < -0.3 is 5.32 Å². The number of rotatable bonds is 6. The summed E-state index contributed by atoms with van der Waals surface area (Å²) in [5.41, 5.74) is 0. The zero-order valence-corrected chi connectivity index (χ0v) is 10.7. The van der Waals surface area contributed by atoms with Crippen molar-refractivity contribution in [3.63, 3.8) is 0 Å². The van der Waals surface area contributed by atoms with E-state index < -0.39 is 0 Å². The van der Waals surface area contributed by atoms with Gasteiger partial charge in [0.25, 0.3) is 0 Å². The second-order valence-electron chi connectivity index (χ2n) is 3.71. The standard InChI is InChI=1S/C13H21NS/c1-4-13(14-5-2)11(3)15-12-9-7-6-8-10-12/h6-11,13-14H,4-5H2,1-3H3. The van der Waals surface area contributed by atoms with Crippen LogP contribution in [0.15, 0.2) is 35.2 Å². The average Bonchev–Trinajstić information content (AvgIpc) is 2.27. The Bertz CT molecular complexity index is 260. The van der Waals surface area contributed by atoms with Crippen molar-refractivity contribution in [3.8, 4) is 0 Å². The van der Waals surface area contributed by atoms with Gasteiger partial charge in [0.2, 0.25) is 0 Å². The molecule has 0 amide bonds. The van der Waals surface area contributed by atoms with Gasteiger partial charge in [0.15, 0.2) is 0 Å². The molecule has 1 rings (SSSR count). The van der Waals surface area contributed by atoms with E-state index in [1.807, 2.05) is 11.8 Å². The fraction of sp³-hybridized carbons (Fsp3) is 0.538. The summed E-state index contributed by atoms with van der Waals surface area (Å²) >= 11 is 1.95. The molecular weight excluding hydrogens is 202 g/mol. The van der Waals surface area contributed by atoms with Crippen LogP contribution in [0.2, 0.25) is 0 Å². The van der Waals surface area contributed by atoms with E-state index in [2.05, 4.69) is 56.4 Å². The molecule has 0 aliphatic carbocycles. The number of nitrogens with one attached hydrogen (secondary N) is 1. The summed E-state index contributed by atoms with van der Waals surface area (Å²) in [4.78, 5) is 1.36. The Kier molecular flexibility index (Phi) is 5.81. The van der Waals surface area contributed by atoms with Crippen LogP contribution in [0.4, 0.5) is 0 Å². The summed E-state index contributed by atoms with van der Waals surface area (Å²) in [5.74, 6) is 0. The van der Waals surface area contributed by atoms with E-state index in [0.29, 0.717) is 11.3 Å². The summed E-state index contributed by atoms with van der Waals surface area (Å²) < 4.78 is 0. The molecule has 1 aromatic carbocycles. The normalized spacial score (nSPS) is 14.9. The van der Waals surface area contributed by atoms with Crippen molar-refractivity contribution in [3.05, 3.63) is 30.3 Å². The van der Waals surface area contributed by atoms with Gasteiger partial charge in [-0.15, -0.1) is 11.8 Å². The van der Waals surface area contributed by atoms with Crippen LogP contribution in [0.1, 0.15) is 27.2 Å². The molecule has 0 fully saturated rings. The molecule has 0 saturated carbocycles. The maximum atomic E-state index is 3.53. The molecule has 84 valence electrons. The van der Waals surface area contributed by atoms with Gasteiger partial charge in [0, 0.05) is 16.2 Å². The minimum Gasteiger partial charge on any atom is -0.313 e. The Morgan fingerprint density at radius 1 is 1.20 bits per heavy atom. The highest BCUT2D eigenvalue weighted by molar-refractivity contribution is 8.00. The second-order valence-corrected chi connectivity index (χ2v) is 5.16. The molecule has 2 atom stereocenters. The van der Waals surface area contributed by atoms with Crippen LogP contribution in [0.3, 0.4) is 0 Å². The van der Waals surface area contributed by atoms with Gasteiger partial charge in [0.1, 0.15) is 0 Å². The zero-order valence-electron chi connectivity index (χ0n) is 9.86. The van der Waals surface area contributed by atoms with Crippen LogP contribution in [0, 0.1) is 0 Å². The monoisotopic (exact) mass is 223 g/mol. The number of hydrogen-bond donors (Lipinski definition) is 1. The van der Waals surface area contributed by atoms with Crippen molar-refractivity contribution in [2.75, 3.05) is 6.54 Å². The molecule has 0 aliphatic heterocycles. The van der Waals surface area contributed by atoms with Crippen LogP contribution in [0.25, 0.3) is 0 Å². The van der Waals surface area contributed by atoms with Crippen LogP contribution < -0.4 is 5.32 Å². The Hall–Kier alpha value is -0.470. The van der Waals surface area contributed by atoms with E-state index in [0.717, 1.165) is 6.54 Å². The number of thioether (sulfide) groups is 1. The Morgan fingerprint density at radius 3 is 2.40 bits per heavy atom. The minimum atomic E-state index is 0.611. The Morgan fingerprint density at radius 2 is 1.87 bits per heavy atom. The SMILES string of the molecule is CCNC(CC)C(C)Sc1ccccc1. The smallest absolute Gasteiger partial charge is 0.0220 e. The van der Waals surface area contributed by atoms with Crippen LogP contribution >= 0.6 is 11.8 Å². The van der Waals surface area contributed by atoms with Crippen molar-refractivity contribution in [2.24, 2.45) is 0 Å². The van der Waals surface area contributed by atoms with Crippen LogP contribution in [-0.4, -0.2) is 17.8 Å². The van der Waals surface area contributed by atoms with E-state index in [9.17, 15) is 0 Å². The van der Waals surface area contributed by atoms with Crippen molar-refractivity contribution < 1.29 is 0 Å². The molecule has 2 unspecified atom stereocenters. The molecule has 0 spiro atoms. The number of hydrogen-bond acceptors (Lipinski definition) is 2. The first kappa shape index (κ1) is 12.6. The third kappa shape index (κ3) is 4.27. The van der Waals surface area contributed by atoms with Gasteiger partial charge >= 0.3 is 0 Å². The molecule has 1 N–H and O–H groups in total. The van der Waals surface area contributed by atoms with Crippen molar-refractivity contribution in [1.82, 2.24) is 5.32 Å². The topological polar surface area (TPSA) is 12.0 Å². The summed E-state index contributed by atoms with van der Waals surface area (Å²) in [6.07, 6.45) is 1.19. The summed E-state index contributed by atoms with van der Waals surface area (Å²) in [6.45, 7) is 7.77. The molecule has 0 aromatic heterocycles. The van der Waals surface area contributed by atoms with Crippen molar-refractivity contribution >= 4 is 11.8 Å². The zero-order chi connectivity index (χ0) is 11.1. The van der Waals surface area contributed by atoms with E-state index in [1.54, 1.807) is 0 Å². The average molecular weight is 223 g/mol. The maximum absolute atomic E-state index is 3.53. The molecule has 0 heterocycles. The van der Waals surface area contributed by atoms with E-state index >= 15 is 0 Å². The van der Waals surface area contributed by atoms with E-state index in [-0.39, 0.29) is 0 Å². The molecule has 2 heteroatoms. The summed E-state index contributed by atoms with van der Waals surface area (Å²) in [6, 6.07) is 11.2. The van der Waals surface area contributed by atoms with Crippen LogP contribution in [0.5, 0.6) is 0 Å². The summed E-state index contributed by atoms with van der Waals surface area (Å²) in [7, 11) is 0. The third-order valence-corrected chi connectivity index (χ3v) is 3.78. The molecule has 0 radical (unpaired) electrons. The molecular formula is C13H21NS. The van der Waals surface area contributed by atoms with Crippen molar-refractivity contribution in [2.45, 2.75) is 43.4 Å². The van der Waals surface area contributed by atoms with E-state index in [4.69, 9.17) is 0 Å². The molecule has 15 heavy (non-hydrogen) atoms. The van der Waals surface area contributed by atoms with Gasteiger partial charge in [-0.3, -0.25) is 0 Å². The third-order valence-electron chi connectivity index (χ3n) is 2.54. The highest BCUT2D eigenvalue weighted by Crippen LogP contribution is 2.25. The Balaban J connectivity index is 2.50. The summed E-state index contributed by atoms with van der Waals surface area (Å²) in [5, 5.41) is 4.15. The van der Waals surface area contributed by atoms with Gasteiger partial charge in [-0.1, -0.05) is 39.0 Å². The fourth-order valence-electron chi connectivity index (χ4n) is 1.70. The lowest BCUT2D eigenvalue weighted by Crippen LogP contribution is -2.35.